The molecule has 3 N–H and O–H groups in total. The van der Waals surface area contributed by atoms with Crippen LogP contribution in [0.3, 0.4) is 0 Å². The lowest BCUT2D eigenvalue weighted by atomic mass is 10.0. The largest absolute Gasteiger partial charge is 0.365 e. The molecule has 0 fully saturated rings. The number of anilines is 2. The third kappa shape index (κ3) is 2.73. The molecule has 0 saturated heterocycles. The van der Waals surface area contributed by atoms with Gasteiger partial charge in [-0.1, -0.05) is 0 Å². The molecule has 0 spiro atoms. The molecule has 1 amide bonds. The summed E-state index contributed by atoms with van der Waals surface area (Å²) in [6.45, 7) is 2.20. The van der Waals surface area contributed by atoms with Crippen LogP contribution >= 0.6 is 22.6 Å². The van der Waals surface area contributed by atoms with Crippen LogP contribution in [-0.2, 0) is 13.0 Å². The number of carbonyl (C=O) groups is 1. The summed E-state index contributed by atoms with van der Waals surface area (Å²) in [5.74, 6) is -1.07. The van der Waals surface area contributed by atoms with E-state index in [4.69, 9.17) is 5.73 Å². The van der Waals surface area contributed by atoms with Gasteiger partial charge in [-0.2, -0.15) is 0 Å². The number of fused-ring (bicyclic) bond motifs is 1. The summed E-state index contributed by atoms with van der Waals surface area (Å²) < 4.78 is 16.5. The first kappa shape index (κ1) is 16.0. The molecule has 7 heteroatoms. The topological polar surface area (TPSA) is 77.1 Å². The van der Waals surface area contributed by atoms with E-state index in [-0.39, 0.29) is 16.8 Å². The average Bonchev–Trinajstić information content (AvgIpc) is 2.96. The summed E-state index contributed by atoms with van der Waals surface area (Å²) >= 11 is 2.01. The lowest BCUT2D eigenvalue weighted by Crippen LogP contribution is -2.28. The highest BCUT2D eigenvalue weighted by molar-refractivity contribution is 14.1. The minimum absolute atomic E-state index is 0.170. The minimum Gasteiger partial charge on any atom is -0.365 e. The number of primary amides is 1. The summed E-state index contributed by atoms with van der Waals surface area (Å²) in [6.07, 6.45) is 1.40. The number of aromatic nitrogens is 1. The fourth-order valence-electron chi connectivity index (χ4n) is 2.95. The molecule has 23 heavy (non-hydrogen) atoms. The third-order valence-corrected chi connectivity index (χ3v) is 4.71. The van der Waals surface area contributed by atoms with Gasteiger partial charge in [-0.3, -0.25) is 9.59 Å². The Bertz CT molecular complexity index is 877. The van der Waals surface area contributed by atoms with Crippen molar-refractivity contribution < 1.29 is 9.18 Å². The molecule has 1 aliphatic rings. The first-order valence-electron chi connectivity index (χ1n) is 7.18. The van der Waals surface area contributed by atoms with Gasteiger partial charge in [-0.05, 0) is 60.6 Å². The SMILES string of the molecule is Cc1c(Nc2ccc(I)cc2F)c(C(N)=O)c2n(c1=O)CCC2. The van der Waals surface area contributed by atoms with E-state index in [1.165, 1.54) is 6.07 Å². The van der Waals surface area contributed by atoms with Crippen molar-refractivity contribution in [3.05, 3.63) is 54.8 Å². The number of nitrogens with one attached hydrogen (secondary N) is 1. The first-order valence-corrected chi connectivity index (χ1v) is 8.26. The molecule has 120 valence electrons. The van der Waals surface area contributed by atoms with Crippen LogP contribution in [0.1, 0.15) is 28.0 Å². The van der Waals surface area contributed by atoms with Crippen LogP contribution in [-0.4, -0.2) is 10.5 Å². The highest BCUT2D eigenvalue weighted by atomic mass is 127. The maximum Gasteiger partial charge on any atom is 0.255 e. The molecule has 0 radical (unpaired) electrons. The zero-order chi connectivity index (χ0) is 16.7. The van der Waals surface area contributed by atoms with Gasteiger partial charge in [-0.15, -0.1) is 0 Å². The summed E-state index contributed by atoms with van der Waals surface area (Å²) in [5.41, 5.74) is 7.14. The van der Waals surface area contributed by atoms with Crippen LogP contribution in [0.5, 0.6) is 0 Å². The van der Waals surface area contributed by atoms with Crippen molar-refractivity contribution in [2.45, 2.75) is 26.3 Å². The predicted octanol–water partition coefficient (Wildman–Crippen LogP) is 2.69. The van der Waals surface area contributed by atoms with E-state index in [1.54, 1.807) is 23.6 Å². The molecule has 0 bridgehead atoms. The van der Waals surface area contributed by atoms with Crippen molar-refractivity contribution in [3.8, 4) is 0 Å². The number of carbonyl (C=O) groups excluding carboxylic acids is 1. The number of amides is 1. The number of pyridine rings is 1. The Kier molecular flexibility index (Phi) is 4.13. The number of hydrogen-bond donors (Lipinski definition) is 2. The van der Waals surface area contributed by atoms with Gasteiger partial charge in [0, 0.05) is 21.4 Å². The Morgan fingerprint density at radius 3 is 2.83 bits per heavy atom. The van der Waals surface area contributed by atoms with E-state index in [9.17, 15) is 14.0 Å². The van der Waals surface area contributed by atoms with Crippen molar-refractivity contribution in [1.82, 2.24) is 4.57 Å². The molecule has 0 saturated carbocycles. The Labute approximate surface area is 145 Å². The predicted molar refractivity (Wildman–Crippen MR) is 94.7 cm³/mol. The van der Waals surface area contributed by atoms with Gasteiger partial charge in [-0.25, -0.2) is 4.39 Å². The fraction of sp³-hybridized carbons (Fsp3) is 0.250. The van der Waals surface area contributed by atoms with Crippen LogP contribution in [0, 0.1) is 16.3 Å². The van der Waals surface area contributed by atoms with Gasteiger partial charge in [0.15, 0.2) is 0 Å². The van der Waals surface area contributed by atoms with E-state index in [1.807, 2.05) is 22.6 Å². The van der Waals surface area contributed by atoms with Gasteiger partial charge >= 0.3 is 0 Å². The molecule has 0 aliphatic carbocycles. The Hall–Kier alpha value is -1.90. The van der Waals surface area contributed by atoms with E-state index in [0.717, 1.165) is 9.99 Å². The molecule has 5 nitrogen and oxygen atoms in total. The normalized spacial score (nSPS) is 13.0. The number of hydrogen-bond acceptors (Lipinski definition) is 3. The summed E-state index contributed by atoms with van der Waals surface area (Å²) in [6, 6.07) is 4.69. The molecule has 1 aromatic heterocycles. The molecule has 0 atom stereocenters. The van der Waals surface area contributed by atoms with Crippen LogP contribution < -0.4 is 16.6 Å². The zero-order valence-corrected chi connectivity index (χ0v) is 14.6. The number of halogens is 2. The van der Waals surface area contributed by atoms with Crippen LogP contribution in [0.25, 0.3) is 0 Å². The second-order valence-electron chi connectivity index (χ2n) is 5.50. The first-order chi connectivity index (χ1) is 10.9. The van der Waals surface area contributed by atoms with Crippen LogP contribution in [0.4, 0.5) is 15.8 Å². The number of rotatable bonds is 3. The van der Waals surface area contributed by atoms with Gasteiger partial charge in [0.2, 0.25) is 0 Å². The van der Waals surface area contributed by atoms with Crippen LogP contribution in [0.15, 0.2) is 23.0 Å². The smallest absolute Gasteiger partial charge is 0.255 e. The quantitative estimate of drug-likeness (QED) is 0.740. The van der Waals surface area contributed by atoms with E-state index in [2.05, 4.69) is 5.32 Å². The average molecular weight is 427 g/mol. The van der Waals surface area contributed by atoms with Crippen LogP contribution in [0.2, 0.25) is 0 Å². The molecule has 2 aromatic rings. The Balaban J connectivity index is 2.21. The van der Waals surface area contributed by atoms with Gasteiger partial charge < -0.3 is 15.6 Å². The number of benzene rings is 1. The number of nitrogens with zero attached hydrogens (tertiary/aromatic N) is 1. The monoisotopic (exact) mass is 427 g/mol. The summed E-state index contributed by atoms with van der Waals surface area (Å²) in [4.78, 5) is 24.4. The maximum absolute atomic E-state index is 14.1. The van der Waals surface area contributed by atoms with E-state index < -0.39 is 11.7 Å². The molecular weight excluding hydrogens is 412 g/mol. The van der Waals surface area contributed by atoms with Gasteiger partial charge in [0.05, 0.1) is 16.9 Å². The molecule has 3 rings (SSSR count). The third-order valence-electron chi connectivity index (χ3n) is 4.04. The Morgan fingerprint density at radius 1 is 1.43 bits per heavy atom. The van der Waals surface area contributed by atoms with E-state index >= 15 is 0 Å². The lowest BCUT2D eigenvalue weighted by molar-refractivity contribution is 0.0999. The highest BCUT2D eigenvalue weighted by Crippen LogP contribution is 2.30. The summed E-state index contributed by atoms with van der Waals surface area (Å²) in [7, 11) is 0. The number of nitrogens with two attached hydrogens (primary N) is 1. The lowest BCUT2D eigenvalue weighted by Gasteiger charge is -2.18. The molecule has 1 aromatic carbocycles. The van der Waals surface area contributed by atoms with Crippen molar-refractivity contribution in [2.24, 2.45) is 5.73 Å². The maximum atomic E-state index is 14.1. The Morgan fingerprint density at radius 2 is 2.17 bits per heavy atom. The summed E-state index contributed by atoms with van der Waals surface area (Å²) in [5, 5.41) is 2.90. The second kappa shape index (κ2) is 5.95. The van der Waals surface area contributed by atoms with Gasteiger partial charge in [0.1, 0.15) is 5.82 Å². The zero-order valence-electron chi connectivity index (χ0n) is 12.5. The van der Waals surface area contributed by atoms with Crippen molar-refractivity contribution in [3.63, 3.8) is 0 Å². The molecular formula is C16H15FIN3O2. The fourth-order valence-corrected chi connectivity index (χ4v) is 3.40. The highest BCUT2D eigenvalue weighted by Gasteiger charge is 2.26. The van der Waals surface area contributed by atoms with Crippen molar-refractivity contribution in [1.29, 1.82) is 0 Å². The molecule has 2 heterocycles. The molecule has 1 aliphatic heterocycles. The van der Waals surface area contributed by atoms with Gasteiger partial charge in [0.25, 0.3) is 11.5 Å². The standard InChI is InChI=1S/C16H15FIN3O2/c1-8-14(20-11-5-4-9(18)7-10(11)17)13(15(19)22)12-3-2-6-21(12)16(8)23/h4-5,7,20H,2-3,6H2,1H3,(H2,19,22). The van der Waals surface area contributed by atoms with Crippen molar-refractivity contribution >= 4 is 39.9 Å². The minimum atomic E-state index is -0.618. The molecule has 0 unspecified atom stereocenters. The van der Waals surface area contributed by atoms with Crippen molar-refractivity contribution in [2.75, 3.05) is 5.32 Å². The second-order valence-corrected chi connectivity index (χ2v) is 6.74. The van der Waals surface area contributed by atoms with E-state index in [0.29, 0.717) is 29.9 Å².